The van der Waals surface area contributed by atoms with Crippen molar-refractivity contribution in [2.75, 3.05) is 0 Å². The Bertz CT molecular complexity index is 546. The Morgan fingerprint density at radius 1 is 1.11 bits per heavy atom. The van der Waals surface area contributed by atoms with Crippen LogP contribution in [0.5, 0.6) is 0 Å². The molecule has 0 aliphatic heterocycles. The van der Waals surface area contributed by atoms with Gasteiger partial charge in [0.15, 0.2) is 0 Å². The zero-order chi connectivity index (χ0) is 13.0. The van der Waals surface area contributed by atoms with E-state index in [1.165, 1.54) is 6.07 Å². The average molecular weight is 242 g/mol. The van der Waals surface area contributed by atoms with E-state index in [1.54, 1.807) is 13.0 Å². The molecular formula is C16H15FO. The Hall–Kier alpha value is -1.96. The fourth-order valence-corrected chi connectivity index (χ4v) is 1.89. The number of rotatable bonds is 4. The Kier molecular flexibility index (Phi) is 3.88. The van der Waals surface area contributed by atoms with Gasteiger partial charge in [0.1, 0.15) is 11.6 Å². The molecule has 1 nitrogen and oxygen atoms in total. The first kappa shape index (κ1) is 12.5. The summed E-state index contributed by atoms with van der Waals surface area (Å²) in [4.78, 5) is 10.9. The van der Waals surface area contributed by atoms with E-state index < -0.39 is 0 Å². The third-order valence-electron chi connectivity index (χ3n) is 2.88. The largest absolute Gasteiger partial charge is 0.300 e. The van der Waals surface area contributed by atoms with Crippen molar-refractivity contribution < 1.29 is 9.18 Å². The van der Waals surface area contributed by atoms with Gasteiger partial charge in [-0.2, -0.15) is 0 Å². The van der Waals surface area contributed by atoms with Crippen molar-refractivity contribution in [1.29, 1.82) is 0 Å². The summed E-state index contributed by atoms with van der Waals surface area (Å²) in [5.41, 5.74) is 2.33. The number of halogens is 1. The smallest absolute Gasteiger partial charge is 0.131 e. The summed E-state index contributed by atoms with van der Waals surface area (Å²) in [6.07, 6.45) is 1.06. The lowest BCUT2D eigenvalue weighted by Gasteiger charge is -2.06. The second-order valence-corrected chi connectivity index (χ2v) is 4.38. The highest BCUT2D eigenvalue weighted by Crippen LogP contribution is 2.23. The third-order valence-corrected chi connectivity index (χ3v) is 2.88. The predicted molar refractivity (Wildman–Crippen MR) is 70.8 cm³/mol. The van der Waals surface area contributed by atoms with Gasteiger partial charge in [-0.25, -0.2) is 4.39 Å². The molecule has 0 saturated carbocycles. The summed E-state index contributed by atoms with van der Waals surface area (Å²) in [5, 5.41) is 0. The third kappa shape index (κ3) is 3.04. The molecule has 2 heteroatoms. The van der Waals surface area contributed by atoms with Crippen molar-refractivity contribution in [2.45, 2.75) is 19.8 Å². The molecule has 0 spiro atoms. The topological polar surface area (TPSA) is 17.1 Å². The molecule has 0 saturated heterocycles. The van der Waals surface area contributed by atoms with Crippen LogP contribution in [0.2, 0.25) is 0 Å². The SMILES string of the molecule is CC(=O)CCc1ccc(-c2ccccc2)c(F)c1. The van der Waals surface area contributed by atoms with Crippen LogP contribution < -0.4 is 0 Å². The van der Waals surface area contributed by atoms with E-state index in [4.69, 9.17) is 0 Å². The molecule has 0 atom stereocenters. The summed E-state index contributed by atoms with van der Waals surface area (Å²) in [6.45, 7) is 1.55. The highest BCUT2D eigenvalue weighted by atomic mass is 19.1. The van der Waals surface area contributed by atoms with Crippen LogP contribution in [0.3, 0.4) is 0 Å². The Balaban J connectivity index is 2.23. The first-order valence-electron chi connectivity index (χ1n) is 6.00. The minimum atomic E-state index is -0.234. The molecule has 92 valence electrons. The lowest BCUT2D eigenvalue weighted by atomic mass is 10.0. The molecule has 0 aromatic heterocycles. The Morgan fingerprint density at radius 2 is 1.83 bits per heavy atom. The monoisotopic (exact) mass is 242 g/mol. The van der Waals surface area contributed by atoms with Gasteiger partial charge < -0.3 is 4.79 Å². The summed E-state index contributed by atoms with van der Waals surface area (Å²) >= 11 is 0. The molecule has 0 N–H and O–H groups in total. The summed E-state index contributed by atoms with van der Waals surface area (Å²) < 4.78 is 14.0. The molecule has 0 heterocycles. The molecule has 0 aliphatic carbocycles. The first-order chi connectivity index (χ1) is 8.66. The van der Waals surface area contributed by atoms with Crippen molar-refractivity contribution in [3.05, 3.63) is 59.9 Å². The number of hydrogen-bond donors (Lipinski definition) is 0. The lowest BCUT2D eigenvalue weighted by molar-refractivity contribution is -0.116. The highest BCUT2D eigenvalue weighted by Gasteiger charge is 2.06. The van der Waals surface area contributed by atoms with Crippen LogP contribution in [0, 0.1) is 5.82 Å². The minimum absolute atomic E-state index is 0.127. The lowest BCUT2D eigenvalue weighted by Crippen LogP contribution is -1.95. The van der Waals surface area contributed by atoms with E-state index in [0.717, 1.165) is 11.1 Å². The normalized spacial score (nSPS) is 10.3. The molecule has 0 fully saturated rings. The number of carbonyl (C=O) groups is 1. The summed E-state index contributed by atoms with van der Waals surface area (Å²) in [6, 6.07) is 14.6. The van der Waals surface area contributed by atoms with Crippen LogP contribution in [-0.4, -0.2) is 5.78 Å². The van der Waals surface area contributed by atoms with Gasteiger partial charge in [-0.05, 0) is 30.5 Å². The van der Waals surface area contributed by atoms with E-state index >= 15 is 0 Å². The maximum Gasteiger partial charge on any atom is 0.131 e. The highest BCUT2D eigenvalue weighted by molar-refractivity contribution is 5.75. The number of hydrogen-bond acceptors (Lipinski definition) is 1. The molecule has 0 aliphatic rings. The predicted octanol–water partition coefficient (Wildman–Crippen LogP) is 4.01. The quantitative estimate of drug-likeness (QED) is 0.791. The second kappa shape index (κ2) is 5.58. The number of aryl methyl sites for hydroxylation is 1. The fraction of sp³-hybridized carbons (Fsp3) is 0.188. The van der Waals surface area contributed by atoms with Gasteiger partial charge in [0.25, 0.3) is 0 Å². The van der Waals surface area contributed by atoms with Gasteiger partial charge in [-0.15, -0.1) is 0 Å². The number of Topliss-reactive ketones (excluding diaryl/α,β-unsaturated/α-hetero) is 1. The average Bonchev–Trinajstić information content (AvgIpc) is 2.37. The molecule has 0 radical (unpaired) electrons. The standard InChI is InChI=1S/C16H15FO/c1-12(18)7-8-13-9-10-15(16(17)11-13)14-5-3-2-4-6-14/h2-6,9-11H,7-8H2,1H3. The van der Waals surface area contributed by atoms with Crippen molar-refractivity contribution in [1.82, 2.24) is 0 Å². The van der Waals surface area contributed by atoms with Crippen molar-refractivity contribution >= 4 is 5.78 Å². The van der Waals surface area contributed by atoms with Crippen LogP contribution in [0.1, 0.15) is 18.9 Å². The molecule has 2 aromatic rings. The van der Waals surface area contributed by atoms with E-state index in [0.29, 0.717) is 18.4 Å². The van der Waals surface area contributed by atoms with Gasteiger partial charge in [-0.3, -0.25) is 0 Å². The second-order valence-electron chi connectivity index (χ2n) is 4.38. The molecule has 2 rings (SSSR count). The van der Waals surface area contributed by atoms with Crippen molar-refractivity contribution in [3.8, 4) is 11.1 Å². The van der Waals surface area contributed by atoms with Gasteiger partial charge >= 0.3 is 0 Å². The number of carbonyl (C=O) groups excluding carboxylic acids is 1. The Morgan fingerprint density at radius 3 is 2.44 bits per heavy atom. The zero-order valence-corrected chi connectivity index (χ0v) is 10.3. The summed E-state index contributed by atoms with van der Waals surface area (Å²) in [5.74, 6) is -0.107. The van der Waals surface area contributed by atoms with E-state index in [1.807, 2.05) is 36.4 Å². The van der Waals surface area contributed by atoms with Crippen molar-refractivity contribution in [2.24, 2.45) is 0 Å². The van der Waals surface area contributed by atoms with E-state index in [-0.39, 0.29) is 11.6 Å². The minimum Gasteiger partial charge on any atom is -0.300 e. The van der Waals surface area contributed by atoms with Crippen LogP contribution in [0.4, 0.5) is 4.39 Å². The van der Waals surface area contributed by atoms with E-state index in [2.05, 4.69) is 0 Å². The first-order valence-corrected chi connectivity index (χ1v) is 6.00. The Labute approximate surface area is 106 Å². The maximum absolute atomic E-state index is 14.0. The van der Waals surface area contributed by atoms with Gasteiger partial charge in [-0.1, -0.05) is 42.5 Å². The van der Waals surface area contributed by atoms with Crippen LogP contribution in [0.15, 0.2) is 48.5 Å². The van der Waals surface area contributed by atoms with Gasteiger partial charge in [0.2, 0.25) is 0 Å². The van der Waals surface area contributed by atoms with E-state index in [9.17, 15) is 9.18 Å². The molecular weight excluding hydrogens is 227 g/mol. The fourth-order valence-electron chi connectivity index (χ4n) is 1.89. The zero-order valence-electron chi connectivity index (χ0n) is 10.3. The van der Waals surface area contributed by atoms with Crippen LogP contribution in [0.25, 0.3) is 11.1 Å². The molecule has 0 bridgehead atoms. The van der Waals surface area contributed by atoms with Crippen LogP contribution in [-0.2, 0) is 11.2 Å². The molecule has 18 heavy (non-hydrogen) atoms. The number of ketones is 1. The van der Waals surface area contributed by atoms with Gasteiger partial charge in [0, 0.05) is 12.0 Å². The number of benzene rings is 2. The van der Waals surface area contributed by atoms with Crippen molar-refractivity contribution in [3.63, 3.8) is 0 Å². The summed E-state index contributed by atoms with van der Waals surface area (Å²) in [7, 11) is 0. The maximum atomic E-state index is 14.0. The molecule has 0 amide bonds. The van der Waals surface area contributed by atoms with Gasteiger partial charge in [0.05, 0.1) is 0 Å². The molecule has 2 aromatic carbocycles. The van der Waals surface area contributed by atoms with Crippen LogP contribution >= 0.6 is 0 Å². The molecule has 0 unspecified atom stereocenters.